The van der Waals surface area contributed by atoms with E-state index in [-0.39, 0.29) is 33.7 Å². The van der Waals surface area contributed by atoms with Crippen molar-refractivity contribution < 1.29 is 14.5 Å². The van der Waals surface area contributed by atoms with Crippen LogP contribution in [0.1, 0.15) is 31.8 Å². The van der Waals surface area contributed by atoms with Crippen LogP contribution in [0.15, 0.2) is 40.9 Å². The molecule has 0 bridgehead atoms. The Hall–Kier alpha value is -2.34. The zero-order valence-electron chi connectivity index (χ0n) is 9.92. The molecule has 0 atom stereocenters. The Bertz CT molecular complexity index is 798. The lowest BCUT2D eigenvalue weighted by Crippen LogP contribution is -2.22. The first-order chi connectivity index (χ1) is 9.50. The maximum Gasteiger partial charge on any atom is 0.281 e. The number of hydrogen-bond donors (Lipinski definition) is 0. The Kier molecular flexibility index (Phi) is 2.76. The van der Waals surface area contributed by atoms with Crippen molar-refractivity contribution in [2.45, 2.75) is 0 Å². The largest absolute Gasteiger partial charge is 0.289 e. The Morgan fingerprint density at radius 3 is 2.40 bits per heavy atom. The summed E-state index contributed by atoms with van der Waals surface area (Å²) in [6.07, 6.45) is 0. The van der Waals surface area contributed by atoms with Crippen molar-refractivity contribution in [3.63, 3.8) is 0 Å². The predicted molar refractivity (Wildman–Crippen MR) is 74.1 cm³/mol. The van der Waals surface area contributed by atoms with Gasteiger partial charge in [0, 0.05) is 27.2 Å². The van der Waals surface area contributed by atoms with Crippen molar-refractivity contribution in [1.29, 1.82) is 0 Å². The number of fused-ring (bicyclic) bond motifs is 2. The first-order valence-electron chi connectivity index (χ1n) is 5.67. The molecule has 6 heteroatoms. The van der Waals surface area contributed by atoms with E-state index in [1.807, 2.05) is 0 Å². The molecule has 0 saturated carbocycles. The summed E-state index contributed by atoms with van der Waals surface area (Å²) >= 11 is 3.24. The number of carbonyl (C=O) groups excluding carboxylic acids is 2. The van der Waals surface area contributed by atoms with Gasteiger partial charge in [0.15, 0.2) is 5.78 Å². The molecule has 0 saturated heterocycles. The van der Waals surface area contributed by atoms with Gasteiger partial charge in [0.05, 0.1) is 4.92 Å². The maximum absolute atomic E-state index is 12.4. The fourth-order valence-electron chi connectivity index (χ4n) is 2.30. The van der Waals surface area contributed by atoms with E-state index in [4.69, 9.17) is 0 Å². The quantitative estimate of drug-likeness (QED) is 0.507. The SMILES string of the molecule is O=C1c2cc(Br)ccc2C(=O)c2c1cccc2[N+](=O)[O-]. The number of carbonyl (C=O) groups is 2. The molecule has 0 radical (unpaired) electrons. The highest BCUT2D eigenvalue weighted by Gasteiger charge is 2.35. The minimum Gasteiger partial charge on any atom is -0.289 e. The molecule has 2 aromatic carbocycles. The molecule has 5 nitrogen and oxygen atoms in total. The molecule has 0 aliphatic heterocycles. The fraction of sp³-hybridized carbons (Fsp3) is 0. The topological polar surface area (TPSA) is 77.3 Å². The van der Waals surface area contributed by atoms with Crippen molar-refractivity contribution in [1.82, 2.24) is 0 Å². The molecular weight excluding hydrogens is 326 g/mol. The first-order valence-corrected chi connectivity index (χ1v) is 6.46. The van der Waals surface area contributed by atoms with Crippen LogP contribution in [0.5, 0.6) is 0 Å². The highest BCUT2D eigenvalue weighted by Crippen LogP contribution is 2.33. The molecule has 0 fully saturated rings. The van der Waals surface area contributed by atoms with Gasteiger partial charge < -0.3 is 0 Å². The number of nitrogens with zero attached hydrogens (tertiary/aromatic N) is 1. The van der Waals surface area contributed by atoms with Gasteiger partial charge >= 0.3 is 0 Å². The normalized spacial score (nSPS) is 12.8. The van der Waals surface area contributed by atoms with Crippen LogP contribution in [0.2, 0.25) is 0 Å². The van der Waals surface area contributed by atoms with E-state index in [1.54, 1.807) is 12.1 Å². The van der Waals surface area contributed by atoms with Gasteiger partial charge in [-0.2, -0.15) is 0 Å². The minimum atomic E-state index is -0.645. The van der Waals surface area contributed by atoms with E-state index >= 15 is 0 Å². The lowest BCUT2D eigenvalue weighted by molar-refractivity contribution is -0.385. The summed E-state index contributed by atoms with van der Waals surface area (Å²) in [6.45, 7) is 0. The molecule has 1 aliphatic carbocycles. The second kappa shape index (κ2) is 4.35. The second-order valence-electron chi connectivity index (χ2n) is 4.30. The van der Waals surface area contributed by atoms with Crippen LogP contribution < -0.4 is 0 Å². The standard InChI is InChI=1S/C14H6BrNO4/c15-7-4-5-8-10(6-7)13(17)9-2-1-3-11(16(19)20)12(9)14(8)18/h1-6H. The Labute approximate surface area is 121 Å². The first kappa shape index (κ1) is 12.7. The van der Waals surface area contributed by atoms with Crippen molar-refractivity contribution in [2.24, 2.45) is 0 Å². The van der Waals surface area contributed by atoms with Gasteiger partial charge in [0.25, 0.3) is 5.69 Å². The van der Waals surface area contributed by atoms with Gasteiger partial charge in [-0.1, -0.05) is 22.0 Å². The summed E-state index contributed by atoms with van der Waals surface area (Å²) in [7, 11) is 0. The monoisotopic (exact) mass is 331 g/mol. The second-order valence-corrected chi connectivity index (χ2v) is 5.22. The van der Waals surface area contributed by atoms with Crippen LogP contribution in [0.3, 0.4) is 0 Å². The molecule has 20 heavy (non-hydrogen) atoms. The molecule has 0 amide bonds. The van der Waals surface area contributed by atoms with E-state index in [2.05, 4.69) is 15.9 Å². The zero-order valence-corrected chi connectivity index (χ0v) is 11.5. The van der Waals surface area contributed by atoms with Crippen LogP contribution in [-0.2, 0) is 0 Å². The number of nitro groups is 1. The van der Waals surface area contributed by atoms with Crippen LogP contribution in [0, 0.1) is 10.1 Å². The number of nitro benzene ring substituents is 1. The molecule has 1 aliphatic rings. The van der Waals surface area contributed by atoms with Gasteiger partial charge in [-0.15, -0.1) is 0 Å². The third kappa shape index (κ3) is 1.69. The summed E-state index contributed by atoms with van der Waals surface area (Å²) in [5.41, 5.74) is 0.0684. The number of rotatable bonds is 1. The van der Waals surface area contributed by atoms with E-state index in [0.29, 0.717) is 4.47 Å². The average Bonchev–Trinajstić information content (AvgIpc) is 2.43. The highest BCUT2D eigenvalue weighted by atomic mass is 79.9. The van der Waals surface area contributed by atoms with Gasteiger partial charge in [0.1, 0.15) is 5.56 Å². The summed E-state index contributed by atoms with van der Waals surface area (Å²) in [5.74, 6) is -0.867. The van der Waals surface area contributed by atoms with Crippen LogP contribution in [0.25, 0.3) is 0 Å². The molecule has 98 valence electrons. The van der Waals surface area contributed by atoms with Crippen molar-refractivity contribution in [3.8, 4) is 0 Å². The van der Waals surface area contributed by atoms with Crippen molar-refractivity contribution >= 4 is 33.2 Å². The van der Waals surface area contributed by atoms with Crippen molar-refractivity contribution in [3.05, 3.63) is 73.2 Å². The van der Waals surface area contributed by atoms with Crippen molar-refractivity contribution in [2.75, 3.05) is 0 Å². The Morgan fingerprint density at radius 2 is 1.70 bits per heavy atom. The zero-order chi connectivity index (χ0) is 14.4. The van der Waals surface area contributed by atoms with Gasteiger partial charge in [0.2, 0.25) is 5.78 Å². The summed E-state index contributed by atoms with van der Waals surface area (Å²) in [5, 5.41) is 11.0. The number of halogens is 1. The van der Waals surface area contributed by atoms with Crippen LogP contribution in [0.4, 0.5) is 5.69 Å². The average molecular weight is 332 g/mol. The third-order valence-electron chi connectivity index (χ3n) is 3.18. The fourth-order valence-corrected chi connectivity index (χ4v) is 2.66. The summed E-state index contributed by atoms with van der Waals surface area (Å²) in [4.78, 5) is 35.2. The molecule has 0 aromatic heterocycles. The predicted octanol–water partition coefficient (Wildman–Crippen LogP) is 3.13. The van der Waals surface area contributed by atoms with E-state index in [1.165, 1.54) is 24.3 Å². The molecule has 0 N–H and O–H groups in total. The Balaban J connectivity index is 2.35. The Morgan fingerprint density at radius 1 is 0.950 bits per heavy atom. The van der Waals surface area contributed by atoms with Crippen LogP contribution in [-0.4, -0.2) is 16.5 Å². The van der Waals surface area contributed by atoms with E-state index in [0.717, 1.165) is 0 Å². The number of ketones is 2. The van der Waals surface area contributed by atoms with Gasteiger partial charge in [-0.25, -0.2) is 0 Å². The highest BCUT2D eigenvalue weighted by molar-refractivity contribution is 9.10. The van der Waals surface area contributed by atoms with Gasteiger partial charge in [-0.3, -0.25) is 19.7 Å². The summed E-state index contributed by atoms with van der Waals surface area (Å²) in [6, 6.07) is 8.76. The summed E-state index contributed by atoms with van der Waals surface area (Å²) < 4.78 is 0.672. The molecule has 0 unspecified atom stereocenters. The van der Waals surface area contributed by atoms with E-state index < -0.39 is 10.7 Å². The smallest absolute Gasteiger partial charge is 0.281 e. The van der Waals surface area contributed by atoms with Gasteiger partial charge in [-0.05, 0) is 24.3 Å². The molecule has 0 spiro atoms. The lowest BCUT2D eigenvalue weighted by atomic mass is 9.83. The van der Waals surface area contributed by atoms with Crippen LogP contribution >= 0.6 is 15.9 Å². The molecule has 0 heterocycles. The maximum atomic E-state index is 12.4. The molecule has 2 aromatic rings. The molecular formula is C14H6BrNO4. The molecule has 3 rings (SSSR count). The lowest BCUT2D eigenvalue weighted by Gasteiger charge is -2.17. The minimum absolute atomic E-state index is 0.0785. The third-order valence-corrected chi connectivity index (χ3v) is 3.67. The number of hydrogen-bond acceptors (Lipinski definition) is 4. The number of benzene rings is 2. The van der Waals surface area contributed by atoms with E-state index in [9.17, 15) is 19.7 Å².